The fraction of sp³-hybridized carbons (Fsp3) is 0.500. The highest BCUT2D eigenvalue weighted by Crippen LogP contribution is 2.34. The van der Waals surface area contributed by atoms with Gasteiger partial charge in [-0.3, -0.25) is 9.69 Å². The minimum Gasteiger partial charge on any atom is -0.326 e. The standard InChI is InChI=1S/C16H21N3O2/c17-10-12-6-2-3-7-13(12)11-19-14(20)16(18-15(19)21)8-4-1-5-9-16/h2-3,6-7H,1,4-5,8-11,17H2,(H,18,21). The Kier molecular flexibility index (Phi) is 3.68. The highest BCUT2D eigenvalue weighted by Gasteiger charge is 2.51. The van der Waals surface area contributed by atoms with Crippen molar-refractivity contribution in [2.45, 2.75) is 50.7 Å². The fourth-order valence-corrected chi connectivity index (χ4v) is 3.40. The number of nitrogens with one attached hydrogen (secondary N) is 1. The number of nitrogens with zero attached hydrogens (tertiary/aromatic N) is 1. The molecule has 0 unspecified atom stereocenters. The van der Waals surface area contributed by atoms with E-state index in [1.54, 1.807) is 0 Å². The molecule has 0 bridgehead atoms. The molecule has 0 radical (unpaired) electrons. The third kappa shape index (κ3) is 2.42. The quantitative estimate of drug-likeness (QED) is 0.834. The van der Waals surface area contributed by atoms with Gasteiger partial charge in [-0.15, -0.1) is 0 Å². The van der Waals surface area contributed by atoms with Crippen LogP contribution in [0.1, 0.15) is 43.2 Å². The van der Waals surface area contributed by atoms with Crippen molar-refractivity contribution < 1.29 is 9.59 Å². The van der Waals surface area contributed by atoms with E-state index >= 15 is 0 Å². The predicted octanol–water partition coefficient (Wildman–Crippen LogP) is 1.90. The summed E-state index contributed by atoms with van der Waals surface area (Å²) < 4.78 is 0. The van der Waals surface area contributed by atoms with Gasteiger partial charge in [-0.2, -0.15) is 0 Å². The summed E-state index contributed by atoms with van der Waals surface area (Å²) in [7, 11) is 0. The van der Waals surface area contributed by atoms with E-state index in [9.17, 15) is 9.59 Å². The normalized spacial score (nSPS) is 20.9. The van der Waals surface area contributed by atoms with Crippen LogP contribution < -0.4 is 11.1 Å². The van der Waals surface area contributed by atoms with E-state index < -0.39 is 5.54 Å². The highest BCUT2D eigenvalue weighted by atomic mass is 16.2. The Labute approximate surface area is 124 Å². The van der Waals surface area contributed by atoms with Gasteiger partial charge in [0.1, 0.15) is 5.54 Å². The van der Waals surface area contributed by atoms with Crippen molar-refractivity contribution in [3.05, 3.63) is 35.4 Å². The van der Waals surface area contributed by atoms with Gasteiger partial charge in [-0.1, -0.05) is 43.5 Å². The second-order valence-electron chi connectivity index (χ2n) is 5.94. The average molecular weight is 287 g/mol. The second-order valence-corrected chi connectivity index (χ2v) is 5.94. The molecule has 3 N–H and O–H groups in total. The van der Waals surface area contributed by atoms with Crippen LogP contribution >= 0.6 is 0 Å². The molecule has 3 amide bonds. The number of urea groups is 1. The van der Waals surface area contributed by atoms with Crippen molar-refractivity contribution in [3.63, 3.8) is 0 Å². The lowest BCUT2D eigenvalue weighted by Crippen LogP contribution is -2.48. The molecule has 5 heteroatoms. The first-order valence-electron chi connectivity index (χ1n) is 7.57. The van der Waals surface area contributed by atoms with Crippen molar-refractivity contribution in [2.75, 3.05) is 0 Å². The Morgan fingerprint density at radius 1 is 1.10 bits per heavy atom. The minimum absolute atomic E-state index is 0.0703. The van der Waals surface area contributed by atoms with Crippen molar-refractivity contribution in [2.24, 2.45) is 5.73 Å². The maximum Gasteiger partial charge on any atom is 0.325 e. The molecule has 0 atom stereocenters. The van der Waals surface area contributed by atoms with Crippen molar-refractivity contribution >= 4 is 11.9 Å². The van der Waals surface area contributed by atoms with Gasteiger partial charge in [-0.05, 0) is 24.0 Å². The molecule has 2 fully saturated rings. The molecule has 1 heterocycles. The van der Waals surface area contributed by atoms with Gasteiger partial charge in [-0.25, -0.2) is 4.79 Å². The number of carbonyl (C=O) groups is 2. The summed E-state index contributed by atoms with van der Waals surface area (Å²) in [6, 6.07) is 7.41. The van der Waals surface area contributed by atoms with Gasteiger partial charge in [0, 0.05) is 6.54 Å². The van der Waals surface area contributed by atoms with Crippen molar-refractivity contribution in [1.29, 1.82) is 0 Å². The van der Waals surface area contributed by atoms with E-state index in [0.29, 0.717) is 13.1 Å². The van der Waals surface area contributed by atoms with Crippen LogP contribution in [0.25, 0.3) is 0 Å². The zero-order chi connectivity index (χ0) is 14.9. The summed E-state index contributed by atoms with van der Waals surface area (Å²) >= 11 is 0. The Hall–Kier alpha value is -1.88. The molecule has 1 saturated carbocycles. The molecular formula is C16H21N3O2. The molecule has 21 heavy (non-hydrogen) atoms. The van der Waals surface area contributed by atoms with Crippen molar-refractivity contribution in [1.82, 2.24) is 10.2 Å². The molecule has 2 aliphatic rings. The van der Waals surface area contributed by atoms with Gasteiger partial charge >= 0.3 is 6.03 Å². The number of amides is 3. The molecular weight excluding hydrogens is 266 g/mol. The summed E-state index contributed by atoms with van der Waals surface area (Å²) in [4.78, 5) is 26.3. The molecule has 1 aliphatic heterocycles. The molecule has 5 nitrogen and oxygen atoms in total. The number of carbonyl (C=O) groups excluding carboxylic acids is 2. The third-order valence-corrected chi connectivity index (χ3v) is 4.62. The molecule has 112 valence electrons. The number of rotatable bonds is 3. The van der Waals surface area contributed by atoms with E-state index in [-0.39, 0.29) is 11.9 Å². The van der Waals surface area contributed by atoms with Crippen LogP contribution in [0.5, 0.6) is 0 Å². The maximum absolute atomic E-state index is 12.7. The molecule has 1 aliphatic carbocycles. The molecule has 1 aromatic rings. The lowest BCUT2D eigenvalue weighted by molar-refractivity contribution is -0.132. The average Bonchev–Trinajstić information content (AvgIpc) is 2.73. The van der Waals surface area contributed by atoms with Gasteiger partial charge in [0.2, 0.25) is 0 Å². The highest BCUT2D eigenvalue weighted by molar-refractivity contribution is 6.07. The second kappa shape index (κ2) is 5.48. The lowest BCUT2D eigenvalue weighted by atomic mass is 9.82. The molecule has 1 aromatic carbocycles. The molecule has 0 aromatic heterocycles. The third-order valence-electron chi connectivity index (χ3n) is 4.62. The number of nitrogens with two attached hydrogens (primary N) is 1. The zero-order valence-electron chi connectivity index (χ0n) is 12.1. The summed E-state index contributed by atoms with van der Waals surface area (Å²) in [6.45, 7) is 0.713. The van der Waals surface area contributed by atoms with Gasteiger partial charge in [0.25, 0.3) is 5.91 Å². The Morgan fingerprint density at radius 2 is 1.76 bits per heavy atom. The van der Waals surface area contributed by atoms with Crippen LogP contribution in [0.15, 0.2) is 24.3 Å². The van der Waals surface area contributed by atoms with Crippen LogP contribution in [-0.2, 0) is 17.9 Å². The summed E-state index contributed by atoms with van der Waals surface area (Å²) in [5.74, 6) is -0.0703. The van der Waals surface area contributed by atoms with E-state index in [1.807, 2.05) is 24.3 Å². The minimum atomic E-state index is -0.646. The van der Waals surface area contributed by atoms with Crippen molar-refractivity contribution in [3.8, 4) is 0 Å². The molecule has 1 spiro atoms. The Bertz CT molecular complexity index is 564. The van der Waals surface area contributed by atoms with Crippen LogP contribution in [0.2, 0.25) is 0 Å². The summed E-state index contributed by atoms with van der Waals surface area (Å²) in [6.07, 6.45) is 4.65. The summed E-state index contributed by atoms with van der Waals surface area (Å²) in [5.41, 5.74) is 7.00. The number of hydrogen-bond donors (Lipinski definition) is 2. The van der Waals surface area contributed by atoms with E-state index in [0.717, 1.165) is 43.2 Å². The largest absolute Gasteiger partial charge is 0.326 e. The molecule has 3 rings (SSSR count). The van der Waals surface area contributed by atoms with Gasteiger partial charge in [0.15, 0.2) is 0 Å². The van der Waals surface area contributed by atoms with E-state index in [4.69, 9.17) is 5.73 Å². The number of imide groups is 1. The lowest BCUT2D eigenvalue weighted by Gasteiger charge is -2.30. The first-order chi connectivity index (χ1) is 10.2. The van der Waals surface area contributed by atoms with Crippen LogP contribution in [-0.4, -0.2) is 22.4 Å². The van der Waals surface area contributed by atoms with Crippen LogP contribution in [0, 0.1) is 0 Å². The van der Waals surface area contributed by atoms with E-state index in [2.05, 4.69) is 5.32 Å². The van der Waals surface area contributed by atoms with E-state index in [1.165, 1.54) is 4.90 Å². The number of hydrogen-bond acceptors (Lipinski definition) is 3. The predicted molar refractivity (Wildman–Crippen MR) is 79.2 cm³/mol. The smallest absolute Gasteiger partial charge is 0.325 e. The van der Waals surface area contributed by atoms with Gasteiger partial charge < -0.3 is 11.1 Å². The first kappa shape index (κ1) is 14.1. The topological polar surface area (TPSA) is 75.4 Å². The van der Waals surface area contributed by atoms with Crippen LogP contribution in [0.3, 0.4) is 0 Å². The zero-order valence-corrected chi connectivity index (χ0v) is 12.1. The van der Waals surface area contributed by atoms with Crippen LogP contribution in [0.4, 0.5) is 4.79 Å². The monoisotopic (exact) mass is 287 g/mol. The SMILES string of the molecule is NCc1ccccc1CN1C(=O)NC2(CCCCC2)C1=O. The Morgan fingerprint density at radius 3 is 2.43 bits per heavy atom. The first-order valence-corrected chi connectivity index (χ1v) is 7.57. The maximum atomic E-state index is 12.7. The fourth-order valence-electron chi connectivity index (χ4n) is 3.40. The Balaban J connectivity index is 1.82. The summed E-state index contributed by atoms with van der Waals surface area (Å²) in [5, 5.41) is 2.93. The number of benzene rings is 1. The molecule has 1 saturated heterocycles. The van der Waals surface area contributed by atoms with Gasteiger partial charge in [0.05, 0.1) is 6.54 Å².